The van der Waals surface area contributed by atoms with E-state index in [-0.39, 0.29) is 18.1 Å². The van der Waals surface area contributed by atoms with Crippen LogP contribution in [-0.2, 0) is 11.2 Å². The van der Waals surface area contributed by atoms with E-state index in [9.17, 15) is 13.2 Å². The Hall–Kier alpha value is -3.62. The number of ether oxygens (including phenoxy) is 1. The molecule has 6 nitrogen and oxygen atoms in total. The summed E-state index contributed by atoms with van der Waals surface area (Å²) in [5.74, 6) is -0.561. The monoisotopic (exact) mass is 399 g/mol. The summed E-state index contributed by atoms with van der Waals surface area (Å²) in [6.45, 7) is 0. The molecule has 2 aromatic heterocycles. The van der Waals surface area contributed by atoms with E-state index in [2.05, 4.69) is 14.7 Å². The van der Waals surface area contributed by atoms with Gasteiger partial charge in [0, 0.05) is 29.6 Å². The first-order chi connectivity index (χ1) is 13.8. The zero-order valence-corrected chi connectivity index (χ0v) is 15.0. The Morgan fingerprint density at radius 2 is 2.10 bits per heavy atom. The van der Waals surface area contributed by atoms with Gasteiger partial charge < -0.3 is 15.5 Å². The van der Waals surface area contributed by atoms with Crippen LogP contribution in [0.1, 0.15) is 12.1 Å². The minimum atomic E-state index is -4.76. The highest BCUT2D eigenvalue weighted by Crippen LogP contribution is 2.27. The lowest BCUT2D eigenvalue weighted by Crippen LogP contribution is -2.31. The molecule has 0 fully saturated rings. The van der Waals surface area contributed by atoms with Crippen molar-refractivity contribution in [2.24, 2.45) is 10.7 Å². The Morgan fingerprint density at radius 1 is 1.28 bits per heavy atom. The molecule has 0 bridgehead atoms. The molecule has 0 aliphatic heterocycles. The number of allylic oxidation sites excluding steroid dienone is 6. The number of nitrogens with two attached hydrogens (primary N) is 1. The molecule has 2 aliphatic carbocycles. The van der Waals surface area contributed by atoms with Crippen LogP contribution < -0.4 is 21.7 Å². The van der Waals surface area contributed by atoms with Crippen LogP contribution in [0.3, 0.4) is 0 Å². The van der Waals surface area contributed by atoms with Crippen molar-refractivity contribution < 1.29 is 17.9 Å². The van der Waals surface area contributed by atoms with Crippen LogP contribution in [-0.4, -0.2) is 22.3 Å². The van der Waals surface area contributed by atoms with Gasteiger partial charge in [0.2, 0.25) is 5.96 Å². The topological polar surface area (TPSA) is 100 Å². The molecule has 0 spiro atoms. The fourth-order valence-corrected chi connectivity index (χ4v) is 3.40. The van der Waals surface area contributed by atoms with Gasteiger partial charge in [-0.3, -0.25) is 10.4 Å². The summed E-state index contributed by atoms with van der Waals surface area (Å²) in [4.78, 5) is 12.0. The Balaban J connectivity index is 2.06. The third-order valence-electron chi connectivity index (χ3n) is 4.49. The molecule has 29 heavy (non-hydrogen) atoms. The van der Waals surface area contributed by atoms with E-state index in [0.29, 0.717) is 44.5 Å². The van der Waals surface area contributed by atoms with Gasteiger partial charge in [-0.2, -0.15) is 0 Å². The van der Waals surface area contributed by atoms with Crippen LogP contribution >= 0.6 is 0 Å². The van der Waals surface area contributed by atoms with Gasteiger partial charge in [-0.15, -0.1) is 13.2 Å². The number of alkyl halides is 3. The molecule has 9 heteroatoms. The molecule has 0 radical (unpaired) electrons. The maximum atomic E-state index is 12.7. The summed E-state index contributed by atoms with van der Waals surface area (Å²) in [6, 6.07) is 1.78. The minimum absolute atomic E-state index is 0.0547. The van der Waals surface area contributed by atoms with Crippen molar-refractivity contribution >= 4 is 28.5 Å². The lowest BCUT2D eigenvalue weighted by Gasteiger charge is -2.15. The second kappa shape index (κ2) is 7.08. The van der Waals surface area contributed by atoms with Gasteiger partial charge in [0.25, 0.3) is 0 Å². The molecule has 0 saturated carbocycles. The van der Waals surface area contributed by atoms with Gasteiger partial charge in [-0.25, -0.2) is 4.99 Å². The molecule has 0 amide bonds. The number of aromatic amines is 1. The van der Waals surface area contributed by atoms with Crippen LogP contribution in [0.5, 0.6) is 0 Å². The average Bonchev–Trinajstić information content (AvgIpc) is 3.08. The number of rotatable bonds is 1. The van der Waals surface area contributed by atoms with Gasteiger partial charge in [-0.1, -0.05) is 30.4 Å². The van der Waals surface area contributed by atoms with Gasteiger partial charge in [0.15, 0.2) is 0 Å². The Morgan fingerprint density at radius 3 is 2.86 bits per heavy atom. The van der Waals surface area contributed by atoms with Crippen molar-refractivity contribution in [3.05, 3.63) is 70.0 Å². The Bertz CT molecular complexity index is 1300. The number of nitrogens with zero attached hydrogens (tertiary/aromatic N) is 2. The van der Waals surface area contributed by atoms with Crippen LogP contribution in [0.2, 0.25) is 0 Å². The molecule has 0 saturated heterocycles. The van der Waals surface area contributed by atoms with Crippen LogP contribution in [0.15, 0.2) is 53.4 Å². The molecule has 2 aliphatic rings. The van der Waals surface area contributed by atoms with E-state index in [4.69, 9.17) is 16.1 Å². The minimum Gasteiger partial charge on any atom is -0.410 e. The molecule has 4 rings (SSSR count). The standard InChI is InChI=1S/C20H16F3N5O/c21-20(22,23)29-12-5-3-4-11(10-12)16-14-8-9-26-17(14)18(28-19(24)25)13-6-1-2-7-15(13)27-16/h1-6,8-9,26H,7,10H2,(H3,24,25). The van der Waals surface area contributed by atoms with E-state index >= 15 is 0 Å². The van der Waals surface area contributed by atoms with Crippen molar-refractivity contribution in [2.75, 3.05) is 0 Å². The second-order valence-corrected chi connectivity index (χ2v) is 6.47. The zero-order valence-electron chi connectivity index (χ0n) is 15.0. The molecule has 4 N–H and O–H groups in total. The van der Waals surface area contributed by atoms with Gasteiger partial charge >= 0.3 is 6.36 Å². The normalized spacial score (nSPS) is 18.3. The highest BCUT2D eigenvalue weighted by Gasteiger charge is 2.32. The van der Waals surface area contributed by atoms with Crippen molar-refractivity contribution in [1.29, 1.82) is 5.41 Å². The largest absolute Gasteiger partial charge is 0.572 e. The first kappa shape index (κ1) is 18.7. The van der Waals surface area contributed by atoms with Crippen molar-refractivity contribution in [3.8, 4) is 0 Å². The summed E-state index contributed by atoms with van der Waals surface area (Å²) in [5.41, 5.74) is 7.40. The maximum Gasteiger partial charge on any atom is 0.572 e. The number of hydrogen-bond acceptors (Lipinski definition) is 3. The van der Waals surface area contributed by atoms with Crippen molar-refractivity contribution in [3.63, 3.8) is 0 Å². The highest BCUT2D eigenvalue weighted by molar-refractivity contribution is 5.84. The van der Waals surface area contributed by atoms with E-state index in [1.807, 2.05) is 18.2 Å². The summed E-state index contributed by atoms with van der Waals surface area (Å²) in [5, 5.41) is 9.97. The number of halogens is 3. The lowest BCUT2D eigenvalue weighted by molar-refractivity contribution is -0.305. The predicted molar refractivity (Wildman–Crippen MR) is 103 cm³/mol. The van der Waals surface area contributed by atoms with Gasteiger partial charge in [0.1, 0.15) is 11.1 Å². The molecule has 0 unspecified atom stereocenters. The van der Waals surface area contributed by atoms with Crippen LogP contribution in [0.25, 0.3) is 22.6 Å². The summed E-state index contributed by atoms with van der Waals surface area (Å²) >= 11 is 0. The maximum absolute atomic E-state index is 12.7. The molecule has 0 atom stereocenters. The van der Waals surface area contributed by atoms with Crippen LogP contribution in [0, 0.1) is 5.41 Å². The Kier molecular flexibility index (Phi) is 4.57. The number of hydrogen-bond donors (Lipinski definition) is 3. The molecule has 0 aromatic carbocycles. The summed E-state index contributed by atoms with van der Waals surface area (Å²) in [7, 11) is 0. The lowest BCUT2D eigenvalue weighted by atomic mass is 10.0. The zero-order chi connectivity index (χ0) is 20.6. The number of nitrogens with one attached hydrogen (secondary N) is 2. The van der Waals surface area contributed by atoms with E-state index in [0.717, 1.165) is 0 Å². The van der Waals surface area contributed by atoms with Crippen molar-refractivity contribution in [1.82, 2.24) is 9.97 Å². The molecule has 2 heterocycles. The molecule has 2 aromatic rings. The predicted octanol–water partition coefficient (Wildman–Crippen LogP) is 1.78. The fraction of sp³-hybridized carbons (Fsp3) is 0.150. The fourth-order valence-electron chi connectivity index (χ4n) is 3.40. The molecular weight excluding hydrogens is 383 g/mol. The van der Waals surface area contributed by atoms with Gasteiger partial charge in [-0.05, 0) is 17.7 Å². The SMILES string of the molecule is N=C(N)N=c1c2c(nc(=C3C=CC=C(OC(F)(F)F)C3)c3cc[nH]c13)CC=CC=2. The molecular formula is C20H16F3N5O. The van der Waals surface area contributed by atoms with Crippen molar-refractivity contribution in [2.45, 2.75) is 19.2 Å². The van der Waals surface area contributed by atoms with E-state index in [1.165, 1.54) is 12.2 Å². The molecule has 148 valence electrons. The smallest absolute Gasteiger partial charge is 0.410 e. The number of fused-ring (bicyclic) bond motifs is 2. The van der Waals surface area contributed by atoms with E-state index in [1.54, 1.807) is 18.3 Å². The summed E-state index contributed by atoms with van der Waals surface area (Å²) < 4.78 is 42.1. The summed E-state index contributed by atoms with van der Waals surface area (Å²) in [6.07, 6.45) is 7.53. The number of H-pyrrole nitrogens is 1. The third-order valence-corrected chi connectivity index (χ3v) is 4.49. The Labute approximate surface area is 162 Å². The number of aromatic nitrogens is 2. The first-order valence-electron chi connectivity index (χ1n) is 8.74. The highest BCUT2D eigenvalue weighted by atomic mass is 19.4. The van der Waals surface area contributed by atoms with Gasteiger partial charge in [0.05, 0.1) is 16.6 Å². The first-order valence-corrected chi connectivity index (χ1v) is 8.74. The van der Waals surface area contributed by atoms with Crippen LogP contribution in [0.4, 0.5) is 13.2 Å². The van der Waals surface area contributed by atoms with E-state index < -0.39 is 6.36 Å². The number of guanidine groups is 1. The third kappa shape index (κ3) is 3.84. The second-order valence-electron chi connectivity index (χ2n) is 6.47. The average molecular weight is 399 g/mol. The quantitative estimate of drug-likeness (QED) is 0.503.